The van der Waals surface area contributed by atoms with Crippen LogP contribution >= 0.6 is 11.8 Å². The fourth-order valence-corrected chi connectivity index (χ4v) is 3.68. The second kappa shape index (κ2) is 6.61. The quantitative estimate of drug-likeness (QED) is 0.531. The van der Waals surface area contributed by atoms with Gasteiger partial charge in [0.1, 0.15) is 0 Å². The van der Waals surface area contributed by atoms with Crippen molar-refractivity contribution in [3.63, 3.8) is 0 Å². The Hall–Kier alpha value is -2.79. The normalized spacial score (nSPS) is 11.0. The van der Waals surface area contributed by atoms with E-state index in [1.807, 2.05) is 50.2 Å². The van der Waals surface area contributed by atoms with Crippen LogP contribution in [0.1, 0.15) is 11.4 Å². The van der Waals surface area contributed by atoms with Gasteiger partial charge in [-0.15, -0.1) is 0 Å². The van der Waals surface area contributed by atoms with Crippen molar-refractivity contribution in [2.45, 2.75) is 23.9 Å². The van der Waals surface area contributed by atoms with Gasteiger partial charge in [0, 0.05) is 16.8 Å². The molecule has 2 aromatic carbocycles. The summed E-state index contributed by atoms with van der Waals surface area (Å²) in [7, 11) is 0. The zero-order chi connectivity index (χ0) is 17.2. The van der Waals surface area contributed by atoms with E-state index >= 15 is 0 Å². The second-order valence-corrected chi connectivity index (χ2v) is 6.86. The summed E-state index contributed by atoms with van der Waals surface area (Å²) < 4.78 is 0. The van der Waals surface area contributed by atoms with Gasteiger partial charge in [0.15, 0.2) is 5.16 Å². The average molecular weight is 346 g/mol. The Morgan fingerprint density at radius 3 is 2.08 bits per heavy atom. The maximum absolute atomic E-state index is 4.88. The van der Waals surface area contributed by atoms with Crippen molar-refractivity contribution in [2.75, 3.05) is 0 Å². The number of hydrogen-bond donors (Lipinski definition) is 2. The van der Waals surface area contributed by atoms with Crippen molar-refractivity contribution in [2.24, 2.45) is 0 Å². The summed E-state index contributed by atoms with van der Waals surface area (Å²) in [5.74, 6) is 0. The number of benzene rings is 2. The summed E-state index contributed by atoms with van der Waals surface area (Å²) in [6, 6.07) is 20.6. The predicted octanol–water partition coefficient (Wildman–Crippen LogP) is 5.23. The lowest BCUT2D eigenvalue weighted by Gasteiger charge is -2.02. The molecule has 0 spiro atoms. The first-order valence-electron chi connectivity index (χ1n) is 8.12. The molecule has 0 amide bonds. The lowest BCUT2D eigenvalue weighted by Crippen LogP contribution is -1.82. The van der Waals surface area contributed by atoms with E-state index in [-0.39, 0.29) is 0 Å². The van der Waals surface area contributed by atoms with Gasteiger partial charge >= 0.3 is 0 Å². The standard InChI is InChI=1S/C20H18N4S/c1-13-19(14(2)24-23-13)25-20-21-17(15-9-5-3-6-10-15)18(22-20)16-11-7-4-8-12-16/h3-12H,1-2H3,(H,21,22)(H,23,24). The Kier molecular flexibility index (Phi) is 4.15. The summed E-state index contributed by atoms with van der Waals surface area (Å²) in [4.78, 5) is 9.50. The molecule has 0 saturated heterocycles. The third-order valence-electron chi connectivity index (χ3n) is 4.05. The predicted molar refractivity (Wildman–Crippen MR) is 102 cm³/mol. The highest BCUT2D eigenvalue weighted by Gasteiger charge is 2.16. The molecule has 4 nitrogen and oxygen atoms in total. The molecule has 0 saturated carbocycles. The van der Waals surface area contributed by atoms with E-state index in [9.17, 15) is 0 Å². The number of aromatic amines is 2. The number of hydrogen-bond acceptors (Lipinski definition) is 3. The van der Waals surface area contributed by atoms with Crippen molar-refractivity contribution >= 4 is 11.8 Å². The van der Waals surface area contributed by atoms with E-state index < -0.39 is 0 Å². The first-order chi connectivity index (χ1) is 12.2. The number of aryl methyl sites for hydroxylation is 2. The van der Waals surface area contributed by atoms with Gasteiger partial charge in [0.25, 0.3) is 0 Å². The summed E-state index contributed by atoms with van der Waals surface area (Å²) >= 11 is 1.61. The molecule has 4 rings (SSSR count). The monoisotopic (exact) mass is 346 g/mol. The molecule has 2 N–H and O–H groups in total. The maximum Gasteiger partial charge on any atom is 0.171 e. The third-order valence-corrected chi connectivity index (χ3v) is 5.24. The third kappa shape index (κ3) is 3.10. The zero-order valence-electron chi connectivity index (χ0n) is 14.1. The van der Waals surface area contributed by atoms with E-state index in [0.29, 0.717) is 0 Å². The van der Waals surface area contributed by atoms with Crippen LogP contribution in [0.5, 0.6) is 0 Å². The van der Waals surface area contributed by atoms with Gasteiger partial charge in [-0.25, -0.2) is 4.98 Å². The van der Waals surface area contributed by atoms with Gasteiger partial charge in [-0.1, -0.05) is 60.7 Å². The number of aromatic nitrogens is 4. The maximum atomic E-state index is 4.88. The molecule has 0 atom stereocenters. The average Bonchev–Trinajstić information content (AvgIpc) is 3.22. The van der Waals surface area contributed by atoms with Gasteiger partial charge in [-0.05, 0) is 25.6 Å². The fraction of sp³-hybridized carbons (Fsp3) is 0.100. The minimum atomic E-state index is 0.866. The van der Waals surface area contributed by atoms with Crippen LogP contribution in [0, 0.1) is 13.8 Å². The fourth-order valence-electron chi connectivity index (χ4n) is 2.81. The van der Waals surface area contributed by atoms with E-state index in [1.165, 1.54) is 0 Å². The molecule has 2 aromatic heterocycles. The van der Waals surface area contributed by atoms with Crippen LogP contribution < -0.4 is 0 Å². The van der Waals surface area contributed by atoms with Crippen LogP contribution in [-0.4, -0.2) is 20.2 Å². The first kappa shape index (κ1) is 15.7. The van der Waals surface area contributed by atoms with Crippen LogP contribution in [0.2, 0.25) is 0 Å². The molecule has 25 heavy (non-hydrogen) atoms. The number of rotatable bonds is 4. The summed E-state index contributed by atoms with van der Waals surface area (Å²) in [6.07, 6.45) is 0. The van der Waals surface area contributed by atoms with Crippen molar-refractivity contribution in [1.82, 2.24) is 20.2 Å². The van der Waals surface area contributed by atoms with Gasteiger partial charge in [-0.2, -0.15) is 5.10 Å². The van der Waals surface area contributed by atoms with E-state index in [1.54, 1.807) is 11.8 Å². The lowest BCUT2D eigenvalue weighted by atomic mass is 10.1. The molecule has 2 heterocycles. The summed E-state index contributed by atoms with van der Waals surface area (Å²) in [6.45, 7) is 4.03. The molecular weight excluding hydrogens is 328 g/mol. The smallest absolute Gasteiger partial charge is 0.171 e. The topological polar surface area (TPSA) is 57.4 Å². The molecular formula is C20H18N4S. The van der Waals surface area contributed by atoms with Crippen LogP contribution in [0.3, 0.4) is 0 Å². The van der Waals surface area contributed by atoms with Crippen LogP contribution in [-0.2, 0) is 0 Å². The lowest BCUT2D eigenvalue weighted by molar-refractivity contribution is 1.02. The molecule has 0 aliphatic rings. The highest BCUT2D eigenvalue weighted by atomic mass is 32.2. The molecule has 0 fully saturated rings. The molecule has 0 unspecified atom stereocenters. The van der Waals surface area contributed by atoms with Crippen LogP contribution in [0.4, 0.5) is 0 Å². The van der Waals surface area contributed by atoms with Gasteiger partial charge in [0.05, 0.1) is 22.0 Å². The molecule has 124 valence electrons. The second-order valence-electron chi connectivity index (χ2n) is 5.86. The Morgan fingerprint density at radius 1 is 0.840 bits per heavy atom. The molecule has 0 radical (unpaired) electrons. The minimum absolute atomic E-state index is 0.866. The number of H-pyrrole nitrogens is 2. The Labute approximate surface area is 150 Å². The molecule has 4 aromatic rings. The number of nitrogens with zero attached hydrogens (tertiary/aromatic N) is 2. The first-order valence-corrected chi connectivity index (χ1v) is 8.94. The van der Waals surface area contributed by atoms with Crippen molar-refractivity contribution < 1.29 is 0 Å². The van der Waals surface area contributed by atoms with E-state index in [4.69, 9.17) is 4.98 Å². The largest absolute Gasteiger partial charge is 0.332 e. The van der Waals surface area contributed by atoms with E-state index in [2.05, 4.69) is 39.4 Å². The van der Waals surface area contributed by atoms with Gasteiger partial charge in [-0.3, -0.25) is 5.10 Å². The summed E-state index contributed by atoms with van der Waals surface area (Å²) in [5.41, 5.74) is 6.27. The van der Waals surface area contributed by atoms with Crippen molar-refractivity contribution in [3.8, 4) is 22.5 Å². The summed E-state index contributed by atoms with van der Waals surface area (Å²) in [5, 5.41) is 8.17. The van der Waals surface area contributed by atoms with Gasteiger partial charge < -0.3 is 4.98 Å². The van der Waals surface area contributed by atoms with Crippen molar-refractivity contribution in [3.05, 3.63) is 72.1 Å². The highest BCUT2D eigenvalue weighted by molar-refractivity contribution is 7.99. The van der Waals surface area contributed by atoms with Crippen molar-refractivity contribution in [1.29, 1.82) is 0 Å². The number of imidazole rings is 1. The van der Waals surface area contributed by atoms with Crippen LogP contribution in [0.25, 0.3) is 22.5 Å². The Morgan fingerprint density at radius 2 is 1.48 bits per heavy atom. The van der Waals surface area contributed by atoms with Gasteiger partial charge in [0.2, 0.25) is 0 Å². The zero-order valence-corrected chi connectivity index (χ0v) is 14.9. The molecule has 5 heteroatoms. The van der Waals surface area contributed by atoms with E-state index in [0.717, 1.165) is 44.0 Å². The molecule has 0 aliphatic heterocycles. The highest BCUT2D eigenvalue weighted by Crippen LogP contribution is 2.36. The molecule has 0 aliphatic carbocycles. The SMILES string of the molecule is Cc1n[nH]c(C)c1Sc1nc(-c2ccccc2)c(-c2ccccc2)[nH]1. The number of nitrogens with one attached hydrogen (secondary N) is 2. The minimum Gasteiger partial charge on any atom is -0.332 e. The Balaban J connectivity index is 1.81. The Bertz CT molecular complexity index is 911. The van der Waals surface area contributed by atoms with Crippen LogP contribution in [0.15, 0.2) is 70.7 Å². The molecule has 0 bridgehead atoms.